The summed E-state index contributed by atoms with van der Waals surface area (Å²) in [5, 5.41) is 8.60. The number of aryl methyl sites for hydroxylation is 1. The minimum Gasteiger partial charge on any atom is -0.341 e. The fourth-order valence-corrected chi connectivity index (χ4v) is 3.23. The first-order chi connectivity index (χ1) is 13.6. The van der Waals surface area contributed by atoms with Crippen molar-refractivity contribution >= 4 is 11.4 Å². The molecule has 0 radical (unpaired) electrons. The Morgan fingerprint density at radius 3 is 2.36 bits per heavy atom. The van der Waals surface area contributed by atoms with Crippen LogP contribution in [-0.2, 0) is 17.8 Å². The van der Waals surface area contributed by atoms with Gasteiger partial charge in [-0.05, 0) is 30.9 Å². The van der Waals surface area contributed by atoms with Crippen LogP contribution in [0.15, 0.2) is 41.5 Å². The molecule has 0 aliphatic carbocycles. The number of benzene rings is 1. The summed E-state index contributed by atoms with van der Waals surface area (Å²) in [5.74, 6) is -0.0856. The second kappa shape index (κ2) is 8.82. The van der Waals surface area contributed by atoms with Gasteiger partial charge in [0.05, 0.1) is 5.69 Å². The maximum Gasteiger partial charge on any atom is 0.293 e. The quantitative estimate of drug-likeness (QED) is 0.601. The second-order valence-electron chi connectivity index (χ2n) is 6.88. The van der Waals surface area contributed by atoms with Crippen LogP contribution in [0.4, 0.5) is 0 Å². The highest BCUT2D eigenvalue weighted by Gasteiger charge is 2.16. The number of nitrogens with zero attached hydrogens (tertiary/aromatic N) is 5. The molecule has 1 amide bonds. The summed E-state index contributed by atoms with van der Waals surface area (Å²) in [6.07, 6.45) is 4.23. The molecule has 2 aromatic heterocycles. The molecular weight excluding hydrogens is 354 g/mol. The number of rotatable bonds is 8. The van der Waals surface area contributed by atoms with Crippen LogP contribution in [0.2, 0.25) is 0 Å². The van der Waals surface area contributed by atoms with E-state index in [1.807, 2.05) is 26.0 Å². The molecule has 0 unspecified atom stereocenters. The van der Waals surface area contributed by atoms with Crippen LogP contribution in [0.25, 0.3) is 16.8 Å². The summed E-state index contributed by atoms with van der Waals surface area (Å²) < 4.78 is 2.70. The van der Waals surface area contributed by atoms with Crippen molar-refractivity contribution in [2.24, 2.45) is 0 Å². The lowest BCUT2D eigenvalue weighted by atomic mass is 10.1. The maximum absolute atomic E-state index is 12.8. The molecule has 0 aliphatic rings. The number of aromatic nitrogens is 4. The predicted octanol–water partition coefficient (Wildman–Crippen LogP) is 2.77. The Bertz CT molecular complexity index is 998. The van der Waals surface area contributed by atoms with Gasteiger partial charge < -0.3 is 4.90 Å². The van der Waals surface area contributed by atoms with Gasteiger partial charge in [0, 0.05) is 18.7 Å². The highest BCUT2D eigenvalue weighted by Crippen LogP contribution is 2.19. The Kier molecular flexibility index (Phi) is 6.23. The Morgan fingerprint density at radius 2 is 1.75 bits per heavy atom. The third-order valence-corrected chi connectivity index (χ3v) is 4.77. The van der Waals surface area contributed by atoms with Crippen LogP contribution < -0.4 is 5.56 Å². The van der Waals surface area contributed by atoms with E-state index in [1.54, 1.807) is 11.0 Å². The number of hydrogen-bond acceptors (Lipinski definition) is 4. The van der Waals surface area contributed by atoms with Gasteiger partial charge in [-0.2, -0.15) is 10.2 Å². The fourth-order valence-electron chi connectivity index (χ4n) is 3.23. The smallest absolute Gasteiger partial charge is 0.293 e. The summed E-state index contributed by atoms with van der Waals surface area (Å²) in [6.45, 7) is 7.50. The summed E-state index contributed by atoms with van der Waals surface area (Å²) in [5.41, 5.74) is 3.01. The summed E-state index contributed by atoms with van der Waals surface area (Å²) in [4.78, 5) is 27.2. The topological polar surface area (TPSA) is 72.5 Å². The van der Waals surface area contributed by atoms with Gasteiger partial charge in [-0.3, -0.25) is 9.59 Å². The standard InChI is InChI=1S/C21H27N5O2/c1-4-11-24(12-5-2)20(27)14-25-21(28)19-13-18(23-26(19)15-22-25)17-9-7-16(6-3)8-10-17/h7-10,13,15H,4-6,11-12,14H2,1-3H3. The van der Waals surface area contributed by atoms with Gasteiger partial charge in [0.25, 0.3) is 5.56 Å². The van der Waals surface area contributed by atoms with E-state index in [0.29, 0.717) is 24.3 Å². The first-order valence-corrected chi connectivity index (χ1v) is 9.89. The zero-order valence-electron chi connectivity index (χ0n) is 16.8. The van der Waals surface area contributed by atoms with Gasteiger partial charge in [0.2, 0.25) is 5.91 Å². The lowest BCUT2D eigenvalue weighted by molar-refractivity contribution is -0.132. The minimum atomic E-state index is -0.312. The Hall–Kier alpha value is -2.96. The molecule has 0 fully saturated rings. The fraction of sp³-hybridized carbons (Fsp3) is 0.429. The molecule has 0 aliphatic heterocycles. The molecule has 0 saturated heterocycles. The van der Waals surface area contributed by atoms with Crippen molar-refractivity contribution in [1.82, 2.24) is 24.3 Å². The number of amides is 1. The first kappa shape index (κ1) is 19.8. The van der Waals surface area contributed by atoms with Crippen LogP contribution in [0, 0.1) is 0 Å². The molecule has 0 spiro atoms. The second-order valence-corrected chi connectivity index (χ2v) is 6.88. The Morgan fingerprint density at radius 1 is 1.07 bits per heavy atom. The van der Waals surface area contributed by atoms with Gasteiger partial charge in [-0.1, -0.05) is 45.0 Å². The van der Waals surface area contributed by atoms with E-state index in [0.717, 1.165) is 24.8 Å². The zero-order valence-corrected chi connectivity index (χ0v) is 16.8. The van der Waals surface area contributed by atoms with E-state index in [1.165, 1.54) is 21.1 Å². The molecule has 28 heavy (non-hydrogen) atoms. The first-order valence-electron chi connectivity index (χ1n) is 9.89. The predicted molar refractivity (Wildman–Crippen MR) is 109 cm³/mol. The molecule has 0 saturated carbocycles. The average molecular weight is 381 g/mol. The molecule has 148 valence electrons. The molecule has 2 heterocycles. The summed E-state index contributed by atoms with van der Waals surface area (Å²) >= 11 is 0. The third-order valence-electron chi connectivity index (χ3n) is 4.77. The largest absolute Gasteiger partial charge is 0.341 e. The lowest BCUT2D eigenvalue weighted by Crippen LogP contribution is -2.38. The van der Waals surface area contributed by atoms with E-state index in [9.17, 15) is 9.59 Å². The minimum absolute atomic E-state index is 0.0545. The van der Waals surface area contributed by atoms with Gasteiger partial charge in [0.1, 0.15) is 18.4 Å². The van der Waals surface area contributed by atoms with Gasteiger partial charge in [-0.15, -0.1) is 0 Å². The highest BCUT2D eigenvalue weighted by atomic mass is 16.2. The van der Waals surface area contributed by atoms with Crippen molar-refractivity contribution in [3.8, 4) is 11.3 Å². The van der Waals surface area contributed by atoms with Crippen molar-refractivity contribution in [3.63, 3.8) is 0 Å². The Balaban J connectivity index is 1.88. The SMILES string of the molecule is CCCN(CCC)C(=O)Cn1ncn2nc(-c3ccc(CC)cc3)cc2c1=O. The molecule has 7 nitrogen and oxygen atoms in total. The monoisotopic (exact) mass is 381 g/mol. The Labute approximate surface area is 164 Å². The summed E-state index contributed by atoms with van der Waals surface area (Å²) in [6, 6.07) is 9.88. The molecule has 0 N–H and O–H groups in total. The lowest BCUT2D eigenvalue weighted by Gasteiger charge is -2.21. The van der Waals surface area contributed by atoms with Crippen LogP contribution in [0.5, 0.6) is 0 Å². The third kappa shape index (κ3) is 4.13. The van der Waals surface area contributed by atoms with Crippen LogP contribution >= 0.6 is 0 Å². The molecule has 1 aromatic carbocycles. The van der Waals surface area contributed by atoms with E-state index in [-0.39, 0.29) is 18.0 Å². The number of fused-ring (bicyclic) bond motifs is 1. The average Bonchev–Trinajstić information content (AvgIpc) is 3.15. The highest BCUT2D eigenvalue weighted by molar-refractivity contribution is 5.76. The van der Waals surface area contributed by atoms with E-state index in [4.69, 9.17) is 0 Å². The van der Waals surface area contributed by atoms with E-state index >= 15 is 0 Å². The molecule has 3 rings (SSSR count). The maximum atomic E-state index is 12.8. The van der Waals surface area contributed by atoms with Gasteiger partial charge in [-0.25, -0.2) is 9.20 Å². The van der Waals surface area contributed by atoms with Crippen molar-refractivity contribution in [1.29, 1.82) is 0 Å². The van der Waals surface area contributed by atoms with Crippen LogP contribution in [0.1, 0.15) is 39.2 Å². The number of carbonyl (C=O) groups excluding carboxylic acids is 1. The van der Waals surface area contributed by atoms with Crippen molar-refractivity contribution in [3.05, 3.63) is 52.6 Å². The van der Waals surface area contributed by atoms with Crippen molar-refractivity contribution < 1.29 is 4.79 Å². The normalized spacial score (nSPS) is 11.1. The molecule has 0 bridgehead atoms. The number of hydrogen-bond donors (Lipinski definition) is 0. The molecule has 7 heteroatoms. The summed E-state index contributed by atoms with van der Waals surface area (Å²) in [7, 11) is 0. The van der Waals surface area contributed by atoms with Crippen LogP contribution in [-0.4, -0.2) is 43.3 Å². The van der Waals surface area contributed by atoms with Crippen molar-refractivity contribution in [2.75, 3.05) is 13.1 Å². The molecule has 3 aromatic rings. The van der Waals surface area contributed by atoms with E-state index in [2.05, 4.69) is 29.3 Å². The number of carbonyl (C=O) groups is 1. The zero-order chi connectivity index (χ0) is 20.1. The molecular formula is C21H27N5O2. The molecule has 0 atom stereocenters. The van der Waals surface area contributed by atoms with Crippen LogP contribution in [0.3, 0.4) is 0 Å². The van der Waals surface area contributed by atoms with Gasteiger partial charge >= 0.3 is 0 Å². The van der Waals surface area contributed by atoms with Gasteiger partial charge in [0.15, 0.2) is 0 Å². The van der Waals surface area contributed by atoms with E-state index < -0.39 is 0 Å². The van der Waals surface area contributed by atoms with Crippen molar-refractivity contribution in [2.45, 2.75) is 46.6 Å².